The maximum Gasteiger partial charge on any atom is 0.191 e. The summed E-state index contributed by atoms with van der Waals surface area (Å²) in [4.78, 5) is 11.5. The lowest BCUT2D eigenvalue weighted by molar-refractivity contribution is 0.177. The molecule has 2 aliphatic heterocycles. The average molecular weight is 505 g/mol. The predicted molar refractivity (Wildman–Crippen MR) is 122 cm³/mol. The van der Waals surface area contributed by atoms with E-state index in [0.717, 1.165) is 55.9 Å². The fourth-order valence-electron chi connectivity index (χ4n) is 4.06. The molecule has 2 atom stereocenters. The van der Waals surface area contributed by atoms with Crippen molar-refractivity contribution >= 4 is 29.9 Å². The van der Waals surface area contributed by atoms with Crippen LogP contribution in [0.1, 0.15) is 44.3 Å². The van der Waals surface area contributed by atoms with E-state index < -0.39 is 0 Å². The van der Waals surface area contributed by atoms with Gasteiger partial charge in [-0.1, -0.05) is 6.92 Å². The van der Waals surface area contributed by atoms with Crippen LogP contribution < -0.4 is 10.6 Å². The molecule has 0 aromatic carbocycles. The van der Waals surface area contributed by atoms with Crippen molar-refractivity contribution in [1.29, 1.82) is 0 Å². The molecule has 0 aliphatic carbocycles. The minimum atomic E-state index is 0. The molecule has 160 valence electrons. The summed E-state index contributed by atoms with van der Waals surface area (Å²) in [6, 6.07) is 0.323. The average Bonchev–Trinajstić information content (AvgIpc) is 3.06. The second-order valence-electron chi connectivity index (χ2n) is 7.84. The van der Waals surface area contributed by atoms with Crippen LogP contribution in [0.25, 0.3) is 0 Å². The smallest absolute Gasteiger partial charge is 0.191 e. The number of nitrogens with one attached hydrogen (secondary N) is 2. The second kappa shape index (κ2) is 11.9. The van der Waals surface area contributed by atoms with Gasteiger partial charge in [0.25, 0.3) is 0 Å². The third-order valence-electron chi connectivity index (χ3n) is 5.42. The van der Waals surface area contributed by atoms with Crippen LogP contribution in [0.5, 0.6) is 0 Å². The third kappa shape index (κ3) is 6.84. The van der Waals surface area contributed by atoms with E-state index in [2.05, 4.69) is 37.5 Å². The van der Waals surface area contributed by atoms with E-state index >= 15 is 0 Å². The molecule has 28 heavy (non-hydrogen) atoms. The first-order chi connectivity index (χ1) is 13.2. The summed E-state index contributed by atoms with van der Waals surface area (Å²) < 4.78 is 7.13. The van der Waals surface area contributed by atoms with E-state index in [4.69, 9.17) is 4.74 Å². The first kappa shape index (κ1) is 23.3. The van der Waals surface area contributed by atoms with Crippen LogP contribution >= 0.6 is 24.0 Å². The Kier molecular flexibility index (Phi) is 9.93. The van der Waals surface area contributed by atoms with Gasteiger partial charge in [-0.05, 0) is 44.7 Å². The summed E-state index contributed by atoms with van der Waals surface area (Å²) in [6.07, 6.45) is 5.84. The molecule has 0 spiro atoms. The van der Waals surface area contributed by atoms with E-state index in [0.29, 0.717) is 12.6 Å². The van der Waals surface area contributed by atoms with Crippen molar-refractivity contribution in [2.24, 2.45) is 10.9 Å². The number of hydrogen-bond donors (Lipinski definition) is 2. The Labute approximate surface area is 185 Å². The molecule has 2 unspecified atom stereocenters. The second-order valence-corrected chi connectivity index (χ2v) is 7.84. The molecule has 0 bridgehead atoms. The molecule has 1 aromatic rings. The number of guanidine groups is 1. The van der Waals surface area contributed by atoms with Crippen molar-refractivity contribution < 1.29 is 4.74 Å². The Morgan fingerprint density at radius 3 is 2.93 bits per heavy atom. The maximum atomic E-state index is 5.13. The zero-order chi connectivity index (χ0) is 19.1. The maximum absolute atomic E-state index is 5.13. The Hall–Kier alpha value is -0.940. The topological polar surface area (TPSA) is 79.6 Å². The van der Waals surface area contributed by atoms with Gasteiger partial charge in [0, 0.05) is 39.7 Å². The molecular formula is C19H36IN7O. The largest absolute Gasteiger partial charge is 0.377 e. The number of ether oxygens (including phenoxy) is 1. The summed E-state index contributed by atoms with van der Waals surface area (Å²) >= 11 is 0. The van der Waals surface area contributed by atoms with E-state index in [1.807, 2.05) is 11.7 Å². The first-order valence-electron chi connectivity index (χ1n) is 10.3. The molecule has 2 N–H and O–H groups in total. The van der Waals surface area contributed by atoms with Gasteiger partial charge in [-0.15, -0.1) is 24.0 Å². The van der Waals surface area contributed by atoms with Crippen molar-refractivity contribution in [3.8, 4) is 0 Å². The monoisotopic (exact) mass is 505 g/mol. The van der Waals surface area contributed by atoms with Crippen LogP contribution in [-0.2, 0) is 24.3 Å². The highest BCUT2D eigenvalue weighted by molar-refractivity contribution is 14.0. The molecule has 0 amide bonds. The first-order valence-corrected chi connectivity index (χ1v) is 10.3. The molecular weight excluding hydrogens is 469 g/mol. The Bertz CT molecular complexity index is 621. The van der Waals surface area contributed by atoms with Gasteiger partial charge in [0.15, 0.2) is 11.8 Å². The molecule has 1 aromatic heterocycles. The lowest BCUT2D eigenvalue weighted by Crippen LogP contribution is -2.47. The van der Waals surface area contributed by atoms with Crippen LogP contribution in [0.2, 0.25) is 0 Å². The summed E-state index contributed by atoms with van der Waals surface area (Å²) in [5, 5.41) is 11.5. The quantitative estimate of drug-likeness (QED) is 0.254. The minimum absolute atomic E-state index is 0. The van der Waals surface area contributed by atoms with Gasteiger partial charge in [0.05, 0.1) is 6.54 Å². The minimum Gasteiger partial charge on any atom is -0.377 e. The number of piperidine rings is 1. The number of aliphatic imine (C=N–C) groups is 1. The van der Waals surface area contributed by atoms with Gasteiger partial charge in [0.1, 0.15) is 12.4 Å². The fraction of sp³-hybridized carbons (Fsp3) is 0.842. The zero-order valence-corrected chi connectivity index (χ0v) is 19.8. The highest BCUT2D eigenvalue weighted by Gasteiger charge is 2.22. The van der Waals surface area contributed by atoms with Gasteiger partial charge < -0.3 is 20.3 Å². The van der Waals surface area contributed by atoms with Crippen LogP contribution in [0.3, 0.4) is 0 Å². The van der Waals surface area contributed by atoms with Crippen LogP contribution in [-0.4, -0.2) is 72.0 Å². The Morgan fingerprint density at radius 2 is 2.18 bits per heavy atom. The molecule has 2 aliphatic rings. The molecule has 0 saturated carbocycles. The van der Waals surface area contributed by atoms with Crippen LogP contribution in [0.15, 0.2) is 4.99 Å². The molecule has 3 rings (SSSR count). The number of hydrogen-bond acceptors (Lipinski definition) is 5. The third-order valence-corrected chi connectivity index (χ3v) is 5.42. The van der Waals surface area contributed by atoms with Gasteiger partial charge in [-0.25, -0.2) is 9.67 Å². The van der Waals surface area contributed by atoms with Crippen molar-refractivity contribution in [2.75, 3.05) is 40.3 Å². The highest BCUT2D eigenvalue weighted by atomic mass is 127. The summed E-state index contributed by atoms with van der Waals surface area (Å²) in [6.45, 7) is 8.27. The number of nitrogens with zero attached hydrogens (tertiary/aromatic N) is 5. The van der Waals surface area contributed by atoms with Gasteiger partial charge >= 0.3 is 0 Å². The van der Waals surface area contributed by atoms with Crippen LogP contribution in [0, 0.1) is 5.92 Å². The Morgan fingerprint density at radius 1 is 1.32 bits per heavy atom. The molecule has 1 saturated heterocycles. The number of fused-ring (bicyclic) bond motifs is 1. The normalized spacial score (nSPS) is 23.0. The van der Waals surface area contributed by atoms with Crippen molar-refractivity contribution in [1.82, 2.24) is 30.3 Å². The number of aryl methyl sites for hydroxylation is 1. The van der Waals surface area contributed by atoms with Gasteiger partial charge in [0.2, 0.25) is 0 Å². The summed E-state index contributed by atoms with van der Waals surface area (Å²) in [5.74, 6) is 3.55. The molecule has 0 radical (unpaired) electrons. The fourth-order valence-corrected chi connectivity index (χ4v) is 4.06. The van der Waals surface area contributed by atoms with E-state index in [1.165, 1.54) is 32.5 Å². The van der Waals surface area contributed by atoms with Gasteiger partial charge in [-0.3, -0.25) is 4.99 Å². The predicted octanol–water partition coefficient (Wildman–Crippen LogP) is 1.64. The van der Waals surface area contributed by atoms with Crippen molar-refractivity contribution in [3.63, 3.8) is 0 Å². The summed E-state index contributed by atoms with van der Waals surface area (Å²) in [5.41, 5.74) is 0. The molecule has 9 heteroatoms. The number of rotatable bonds is 7. The SMILES string of the molecule is CN=C(NCCCN1CCCC(C)C1)NC1CCc2nc(COC)nn2C1.I. The molecule has 1 fully saturated rings. The molecule has 8 nitrogen and oxygen atoms in total. The lowest BCUT2D eigenvalue weighted by Gasteiger charge is -2.31. The number of methoxy groups -OCH3 is 1. The van der Waals surface area contributed by atoms with Gasteiger partial charge in [-0.2, -0.15) is 5.10 Å². The van der Waals surface area contributed by atoms with E-state index in [-0.39, 0.29) is 24.0 Å². The number of aromatic nitrogens is 3. The van der Waals surface area contributed by atoms with Crippen LogP contribution in [0.4, 0.5) is 0 Å². The highest BCUT2D eigenvalue weighted by Crippen LogP contribution is 2.15. The lowest BCUT2D eigenvalue weighted by atomic mass is 10.0. The zero-order valence-electron chi connectivity index (χ0n) is 17.5. The van der Waals surface area contributed by atoms with Crippen molar-refractivity contribution in [3.05, 3.63) is 11.6 Å². The van der Waals surface area contributed by atoms with E-state index in [1.54, 1.807) is 7.11 Å². The van der Waals surface area contributed by atoms with E-state index in [9.17, 15) is 0 Å². The number of likely N-dealkylation sites (tertiary alicyclic amines) is 1. The van der Waals surface area contributed by atoms with Crippen molar-refractivity contribution in [2.45, 2.75) is 58.2 Å². The molecule has 3 heterocycles. The number of halogens is 1. The summed E-state index contributed by atoms with van der Waals surface area (Å²) in [7, 11) is 3.51. The standard InChI is InChI=1S/C19H35N7O.HI/c1-15-6-4-10-25(12-15)11-5-9-21-19(20-2)22-16-7-8-18-23-17(14-27-3)24-26(18)13-16;/h15-16H,4-14H2,1-3H3,(H2,20,21,22);1H. The Balaban J connectivity index is 0.00000280.